The summed E-state index contributed by atoms with van der Waals surface area (Å²) in [4.78, 5) is 0. The van der Waals surface area contributed by atoms with E-state index < -0.39 is 0 Å². The topological polar surface area (TPSA) is 3.88 Å². The van der Waals surface area contributed by atoms with Crippen LogP contribution >= 0.6 is 0 Å². The van der Waals surface area contributed by atoms with Crippen LogP contribution in [0.4, 0.5) is 0 Å². The highest BCUT2D eigenvalue weighted by Crippen LogP contribution is 2.22. The minimum absolute atomic E-state index is 1.23. The van der Waals surface area contributed by atoms with E-state index in [1.54, 1.807) is 0 Å². The number of pyridine rings is 1. The van der Waals surface area contributed by atoms with Crippen LogP contribution in [-0.4, -0.2) is 0 Å². The third-order valence-corrected chi connectivity index (χ3v) is 3.72. The molecule has 20 heavy (non-hydrogen) atoms. The van der Waals surface area contributed by atoms with Crippen LogP contribution in [-0.2, 0) is 7.05 Å². The summed E-state index contributed by atoms with van der Waals surface area (Å²) in [6.07, 6.45) is 0. The molecule has 0 bridgehead atoms. The molecule has 0 aliphatic heterocycles. The second-order valence-corrected chi connectivity index (χ2v) is 5.04. The molecule has 0 atom stereocenters. The van der Waals surface area contributed by atoms with Crippen molar-refractivity contribution in [1.82, 2.24) is 0 Å². The minimum atomic E-state index is 1.23. The van der Waals surface area contributed by atoms with Crippen molar-refractivity contribution in [3.63, 3.8) is 0 Å². The summed E-state index contributed by atoms with van der Waals surface area (Å²) in [5.74, 6) is 0. The SMILES string of the molecule is Cc1ccccc1-c1cccc(-c2ccccc2)[n+]1C. The monoisotopic (exact) mass is 260 g/mol. The predicted molar refractivity (Wildman–Crippen MR) is 83.2 cm³/mol. The molecule has 0 aliphatic rings. The first-order valence-corrected chi connectivity index (χ1v) is 6.88. The number of aryl methyl sites for hydroxylation is 1. The lowest BCUT2D eigenvalue weighted by atomic mass is 10.0. The number of hydrogen-bond acceptors (Lipinski definition) is 0. The predicted octanol–water partition coefficient (Wildman–Crippen LogP) is 4.15. The average Bonchev–Trinajstić information content (AvgIpc) is 2.49. The first-order chi connectivity index (χ1) is 9.77. The second kappa shape index (κ2) is 5.30. The fourth-order valence-electron chi connectivity index (χ4n) is 2.61. The first kappa shape index (κ1) is 12.6. The molecule has 98 valence electrons. The normalized spacial score (nSPS) is 10.5. The van der Waals surface area contributed by atoms with Gasteiger partial charge in [-0.25, -0.2) is 0 Å². The number of aromatic nitrogens is 1. The standard InChI is InChI=1S/C19H18N/c1-15-9-6-7-12-17(15)19-14-8-13-18(20(19)2)16-10-4-3-5-11-16/h3-14H,1-2H3/q+1. The van der Waals surface area contributed by atoms with Crippen molar-refractivity contribution >= 4 is 0 Å². The highest BCUT2D eigenvalue weighted by atomic mass is 14.9. The Labute approximate surface area is 120 Å². The molecule has 1 nitrogen and oxygen atoms in total. The van der Waals surface area contributed by atoms with Crippen molar-refractivity contribution in [3.8, 4) is 22.5 Å². The summed E-state index contributed by atoms with van der Waals surface area (Å²) in [5.41, 5.74) is 6.29. The maximum Gasteiger partial charge on any atom is 0.213 e. The molecule has 2 aromatic carbocycles. The molecule has 0 spiro atoms. The molecule has 0 saturated carbocycles. The third kappa shape index (κ3) is 2.23. The van der Waals surface area contributed by atoms with Gasteiger partial charge >= 0.3 is 0 Å². The number of rotatable bonds is 2. The van der Waals surface area contributed by atoms with Crippen molar-refractivity contribution in [2.75, 3.05) is 0 Å². The number of hydrogen-bond donors (Lipinski definition) is 0. The van der Waals surface area contributed by atoms with Gasteiger partial charge in [0.2, 0.25) is 11.4 Å². The van der Waals surface area contributed by atoms with E-state index in [1.165, 1.54) is 28.1 Å². The minimum Gasteiger partial charge on any atom is -0.194 e. The van der Waals surface area contributed by atoms with Crippen LogP contribution in [0.2, 0.25) is 0 Å². The van der Waals surface area contributed by atoms with Gasteiger partial charge in [-0.05, 0) is 36.8 Å². The summed E-state index contributed by atoms with van der Waals surface area (Å²) in [7, 11) is 2.13. The van der Waals surface area contributed by atoms with E-state index in [0.717, 1.165) is 0 Å². The molecular weight excluding hydrogens is 242 g/mol. The number of nitrogens with zero attached hydrogens (tertiary/aromatic N) is 1. The Morgan fingerprint density at radius 1 is 0.650 bits per heavy atom. The molecular formula is C19H18N+. The van der Waals surface area contributed by atoms with Gasteiger partial charge in [0.1, 0.15) is 7.05 Å². The average molecular weight is 260 g/mol. The summed E-state index contributed by atoms with van der Waals surface area (Å²) in [6.45, 7) is 2.16. The lowest BCUT2D eigenvalue weighted by Crippen LogP contribution is -2.33. The summed E-state index contributed by atoms with van der Waals surface area (Å²) >= 11 is 0. The van der Waals surface area contributed by atoms with Crippen molar-refractivity contribution < 1.29 is 4.57 Å². The van der Waals surface area contributed by atoms with E-state index in [1.807, 2.05) is 0 Å². The summed E-state index contributed by atoms with van der Waals surface area (Å²) in [5, 5.41) is 0. The maximum atomic E-state index is 2.26. The highest BCUT2D eigenvalue weighted by Gasteiger charge is 2.16. The van der Waals surface area contributed by atoms with Gasteiger partial charge in [0.05, 0.1) is 0 Å². The van der Waals surface area contributed by atoms with E-state index in [9.17, 15) is 0 Å². The quantitative estimate of drug-likeness (QED) is 0.609. The Balaban J connectivity index is 2.19. The van der Waals surface area contributed by atoms with Crippen molar-refractivity contribution in [2.24, 2.45) is 7.05 Å². The van der Waals surface area contributed by atoms with Gasteiger partial charge in [-0.15, -0.1) is 0 Å². The van der Waals surface area contributed by atoms with Gasteiger partial charge in [0.25, 0.3) is 0 Å². The van der Waals surface area contributed by atoms with Gasteiger partial charge in [0.15, 0.2) is 0 Å². The van der Waals surface area contributed by atoms with E-state index in [-0.39, 0.29) is 0 Å². The zero-order valence-corrected chi connectivity index (χ0v) is 11.9. The molecule has 0 radical (unpaired) electrons. The smallest absolute Gasteiger partial charge is 0.194 e. The molecule has 3 rings (SSSR count). The van der Waals surface area contributed by atoms with Crippen LogP contribution in [0.5, 0.6) is 0 Å². The zero-order valence-electron chi connectivity index (χ0n) is 11.9. The van der Waals surface area contributed by atoms with Gasteiger partial charge in [-0.3, -0.25) is 0 Å². The number of benzene rings is 2. The van der Waals surface area contributed by atoms with Crippen LogP contribution in [0, 0.1) is 6.92 Å². The molecule has 1 heteroatoms. The molecule has 3 aromatic rings. The van der Waals surface area contributed by atoms with Gasteiger partial charge in [-0.1, -0.05) is 36.4 Å². The molecule has 0 saturated heterocycles. The summed E-state index contributed by atoms with van der Waals surface area (Å²) < 4.78 is 2.26. The fourth-order valence-corrected chi connectivity index (χ4v) is 2.61. The van der Waals surface area contributed by atoms with E-state index in [0.29, 0.717) is 0 Å². The maximum absolute atomic E-state index is 2.26. The molecule has 0 amide bonds. The Kier molecular flexibility index (Phi) is 3.34. The molecule has 0 fully saturated rings. The Morgan fingerprint density at radius 3 is 2.05 bits per heavy atom. The van der Waals surface area contributed by atoms with E-state index in [4.69, 9.17) is 0 Å². The van der Waals surface area contributed by atoms with Crippen LogP contribution in [0.3, 0.4) is 0 Å². The Morgan fingerprint density at radius 2 is 1.30 bits per heavy atom. The summed E-state index contributed by atoms with van der Waals surface area (Å²) in [6, 6.07) is 25.5. The molecule has 1 aromatic heterocycles. The molecule has 0 unspecified atom stereocenters. The second-order valence-electron chi connectivity index (χ2n) is 5.04. The van der Waals surface area contributed by atoms with Crippen LogP contribution in [0.1, 0.15) is 5.56 Å². The zero-order chi connectivity index (χ0) is 13.9. The van der Waals surface area contributed by atoms with E-state index in [2.05, 4.69) is 91.3 Å². The van der Waals surface area contributed by atoms with Crippen LogP contribution in [0.25, 0.3) is 22.5 Å². The lowest BCUT2D eigenvalue weighted by molar-refractivity contribution is -0.649. The van der Waals surface area contributed by atoms with Gasteiger partial charge < -0.3 is 0 Å². The Bertz CT molecular complexity index is 730. The Hall–Kier alpha value is -2.41. The van der Waals surface area contributed by atoms with Crippen LogP contribution in [0.15, 0.2) is 72.8 Å². The molecule has 0 N–H and O–H groups in total. The molecule has 1 heterocycles. The van der Waals surface area contributed by atoms with Crippen molar-refractivity contribution in [3.05, 3.63) is 78.4 Å². The van der Waals surface area contributed by atoms with E-state index >= 15 is 0 Å². The highest BCUT2D eigenvalue weighted by molar-refractivity contribution is 5.63. The van der Waals surface area contributed by atoms with Crippen molar-refractivity contribution in [2.45, 2.75) is 6.92 Å². The fraction of sp³-hybridized carbons (Fsp3) is 0.105. The van der Waals surface area contributed by atoms with Crippen molar-refractivity contribution in [1.29, 1.82) is 0 Å². The van der Waals surface area contributed by atoms with Gasteiger partial charge in [-0.2, -0.15) is 4.57 Å². The molecule has 0 aliphatic carbocycles. The van der Waals surface area contributed by atoms with Crippen LogP contribution < -0.4 is 4.57 Å². The third-order valence-electron chi connectivity index (χ3n) is 3.72. The van der Waals surface area contributed by atoms with Gasteiger partial charge in [0, 0.05) is 23.3 Å². The largest absolute Gasteiger partial charge is 0.213 e. The lowest BCUT2D eigenvalue weighted by Gasteiger charge is -2.07. The first-order valence-electron chi connectivity index (χ1n) is 6.88.